The van der Waals surface area contributed by atoms with Crippen molar-refractivity contribution in [2.45, 2.75) is 45.3 Å². The van der Waals surface area contributed by atoms with E-state index in [2.05, 4.69) is 10.2 Å². The van der Waals surface area contributed by atoms with Crippen LogP contribution in [-0.4, -0.2) is 41.9 Å². The Morgan fingerprint density at radius 2 is 1.91 bits per heavy atom. The van der Waals surface area contributed by atoms with Crippen LogP contribution in [0.1, 0.15) is 44.0 Å². The number of benzene rings is 1. The van der Waals surface area contributed by atoms with Gasteiger partial charge in [0.25, 0.3) is 0 Å². The Morgan fingerprint density at radius 3 is 2.48 bits per heavy atom. The first kappa shape index (κ1) is 17.1. The van der Waals surface area contributed by atoms with Gasteiger partial charge >= 0.3 is 12.1 Å². The number of nitrogens with zero attached hydrogens (tertiary/aromatic N) is 1. The molecule has 0 aromatic heterocycles. The molecule has 1 aliphatic heterocycles. The minimum absolute atomic E-state index is 0.0257. The number of carboxylic acids is 1. The molecule has 6 nitrogen and oxygen atoms in total. The smallest absolute Gasteiger partial charge is 0.407 e. The molecule has 0 aliphatic carbocycles. The molecule has 1 aromatic carbocycles. The third-order valence-electron chi connectivity index (χ3n) is 3.62. The van der Waals surface area contributed by atoms with Crippen molar-refractivity contribution in [2.24, 2.45) is 0 Å². The van der Waals surface area contributed by atoms with Crippen LogP contribution in [0.25, 0.3) is 0 Å². The van der Waals surface area contributed by atoms with Crippen molar-refractivity contribution >= 4 is 17.7 Å². The van der Waals surface area contributed by atoms with E-state index in [1.165, 1.54) is 0 Å². The number of carbonyl (C=O) groups is 2. The Hall–Kier alpha value is -2.24. The fraction of sp³-hybridized carbons (Fsp3) is 0.529. The van der Waals surface area contributed by atoms with Crippen molar-refractivity contribution in [1.29, 1.82) is 0 Å². The lowest BCUT2D eigenvalue weighted by molar-refractivity contribution is 0.0499. The van der Waals surface area contributed by atoms with Gasteiger partial charge in [-0.05, 0) is 57.9 Å². The molecule has 1 amide bonds. The van der Waals surface area contributed by atoms with Crippen molar-refractivity contribution in [3.05, 3.63) is 29.8 Å². The van der Waals surface area contributed by atoms with Gasteiger partial charge in [0.2, 0.25) is 0 Å². The van der Waals surface area contributed by atoms with E-state index in [-0.39, 0.29) is 11.6 Å². The van der Waals surface area contributed by atoms with Crippen molar-refractivity contribution in [1.82, 2.24) is 5.32 Å². The Labute approximate surface area is 136 Å². The minimum Gasteiger partial charge on any atom is -0.478 e. The highest BCUT2D eigenvalue weighted by Gasteiger charge is 2.24. The number of aromatic carboxylic acids is 1. The lowest BCUT2D eigenvalue weighted by atomic mass is 10.0. The van der Waals surface area contributed by atoms with Gasteiger partial charge in [0.1, 0.15) is 5.60 Å². The van der Waals surface area contributed by atoms with Crippen LogP contribution >= 0.6 is 0 Å². The van der Waals surface area contributed by atoms with Crippen molar-refractivity contribution in [2.75, 3.05) is 18.0 Å². The molecule has 2 rings (SSSR count). The van der Waals surface area contributed by atoms with Gasteiger partial charge in [0, 0.05) is 24.8 Å². The van der Waals surface area contributed by atoms with Gasteiger partial charge in [-0.2, -0.15) is 0 Å². The summed E-state index contributed by atoms with van der Waals surface area (Å²) >= 11 is 0. The number of hydrogen-bond donors (Lipinski definition) is 2. The second kappa shape index (κ2) is 6.89. The molecule has 126 valence electrons. The molecule has 2 N–H and O–H groups in total. The molecular formula is C17H24N2O4. The molecular weight excluding hydrogens is 296 g/mol. The normalized spacial score (nSPS) is 18.4. The van der Waals surface area contributed by atoms with Crippen LogP contribution in [0.5, 0.6) is 0 Å². The second-order valence-corrected chi connectivity index (χ2v) is 6.78. The minimum atomic E-state index is -0.931. The first-order valence-electron chi connectivity index (χ1n) is 7.82. The quantitative estimate of drug-likeness (QED) is 0.895. The number of nitrogens with one attached hydrogen (secondary N) is 1. The van der Waals surface area contributed by atoms with Crippen LogP contribution in [0.15, 0.2) is 24.3 Å². The van der Waals surface area contributed by atoms with E-state index in [4.69, 9.17) is 9.84 Å². The molecule has 0 bridgehead atoms. The van der Waals surface area contributed by atoms with E-state index in [1.807, 2.05) is 20.8 Å². The number of carboxylic acid groups (broad SMARTS) is 1. The highest BCUT2D eigenvalue weighted by atomic mass is 16.6. The van der Waals surface area contributed by atoms with Crippen LogP contribution < -0.4 is 10.2 Å². The number of piperidine rings is 1. The second-order valence-electron chi connectivity index (χ2n) is 6.78. The molecule has 23 heavy (non-hydrogen) atoms. The number of amides is 1. The monoisotopic (exact) mass is 320 g/mol. The highest BCUT2D eigenvalue weighted by Crippen LogP contribution is 2.21. The van der Waals surface area contributed by atoms with Gasteiger partial charge in [-0.15, -0.1) is 0 Å². The van der Waals surface area contributed by atoms with Gasteiger partial charge in [-0.1, -0.05) is 0 Å². The summed E-state index contributed by atoms with van der Waals surface area (Å²) in [4.78, 5) is 24.9. The summed E-state index contributed by atoms with van der Waals surface area (Å²) in [5.74, 6) is -0.931. The molecule has 1 heterocycles. The van der Waals surface area contributed by atoms with E-state index in [1.54, 1.807) is 24.3 Å². The molecule has 1 aliphatic rings. The predicted molar refractivity (Wildman–Crippen MR) is 88.0 cm³/mol. The Kier molecular flexibility index (Phi) is 5.13. The molecule has 1 atom stereocenters. The summed E-state index contributed by atoms with van der Waals surface area (Å²) in [5.41, 5.74) is 0.727. The van der Waals surface area contributed by atoms with Crippen molar-refractivity contribution in [3.63, 3.8) is 0 Å². The molecule has 0 saturated carbocycles. The molecule has 1 saturated heterocycles. The molecule has 6 heteroatoms. The maximum Gasteiger partial charge on any atom is 0.407 e. The van der Waals surface area contributed by atoms with Gasteiger partial charge < -0.3 is 20.1 Å². The third-order valence-corrected chi connectivity index (χ3v) is 3.62. The Bertz CT molecular complexity index is 563. The number of hydrogen-bond acceptors (Lipinski definition) is 4. The molecule has 0 radical (unpaired) electrons. The van der Waals surface area contributed by atoms with E-state index in [0.717, 1.165) is 25.1 Å². The highest BCUT2D eigenvalue weighted by molar-refractivity contribution is 5.88. The zero-order valence-corrected chi connectivity index (χ0v) is 13.8. The largest absolute Gasteiger partial charge is 0.478 e. The summed E-state index contributed by atoms with van der Waals surface area (Å²) in [5, 5.41) is 11.9. The lowest BCUT2D eigenvalue weighted by Gasteiger charge is -2.35. The fourth-order valence-electron chi connectivity index (χ4n) is 2.62. The van der Waals surface area contributed by atoms with Gasteiger partial charge in [-0.25, -0.2) is 9.59 Å². The van der Waals surface area contributed by atoms with E-state index >= 15 is 0 Å². The summed E-state index contributed by atoms with van der Waals surface area (Å²) in [7, 11) is 0. The first-order chi connectivity index (χ1) is 10.7. The first-order valence-corrected chi connectivity index (χ1v) is 7.82. The maximum atomic E-state index is 11.9. The zero-order valence-electron chi connectivity index (χ0n) is 13.8. The standard InChI is InChI=1S/C17H24N2O4/c1-17(2,3)23-16(22)18-13-5-4-10-19(11-13)14-8-6-12(7-9-14)15(20)21/h6-9,13H,4-5,10-11H2,1-3H3,(H,18,22)(H,20,21). The van der Waals surface area contributed by atoms with Crippen molar-refractivity contribution in [3.8, 4) is 0 Å². The molecule has 1 aromatic rings. The molecule has 0 spiro atoms. The van der Waals surface area contributed by atoms with E-state index in [9.17, 15) is 9.59 Å². The number of rotatable bonds is 3. The molecule has 1 fully saturated rings. The topological polar surface area (TPSA) is 78.9 Å². The summed E-state index contributed by atoms with van der Waals surface area (Å²) in [6.07, 6.45) is 1.47. The van der Waals surface area contributed by atoms with E-state index < -0.39 is 17.7 Å². The van der Waals surface area contributed by atoms with Crippen LogP contribution in [0, 0.1) is 0 Å². The Morgan fingerprint density at radius 1 is 1.26 bits per heavy atom. The van der Waals surface area contributed by atoms with Crippen LogP contribution in [0.3, 0.4) is 0 Å². The number of anilines is 1. The summed E-state index contributed by atoms with van der Waals surface area (Å²) < 4.78 is 5.29. The summed E-state index contributed by atoms with van der Waals surface area (Å²) in [6, 6.07) is 6.83. The van der Waals surface area contributed by atoms with Crippen LogP contribution in [0.4, 0.5) is 10.5 Å². The molecule has 1 unspecified atom stereocenters. The van der Waals surface area contributed by atoms with Crippen LogP contribution in [0.2, 0.25) is 0 Å². The average Bonchev–Trinajstić information content (AvgIpc) is 2.45. The summed E-state index contributed by atoms with van der Waals surface area (Å²) in [6.45, 7) is 7.09. The van der Waals surface area contributed by atoms with Gasteiger partial charge in [-0.3, -0.25) is 0 Å². The maximum absolute atomic E-state index is 11.9. The Balaban J connectivity index is 1.95. The van der Waals surface area contributed by atoms with Crippen LogP contribution in [-0.2, 0) is 4.74 Å². The average molecular weight is 320 g/mol. The zero-order chi connectivity index (χ0) is 17.0. The number of ether oxygens (including phenoxy) is 1. The number of carbonyl (C=O) groups excluding carboxylic acids is 1. The number of alkyl carbamates (subject to hydrolysis) is 1. The van der Waals surface area contributed by atoms with E-state index in [0.29, 0.717) is 6.54 Å². The predicted octanol–water partition coefficient (Wildman–Crippen LogP) is 2.88. The fourth-order valence-corrected chi connectivity index (χ4v) is 2.62. The SMILES string of the molecule is CC(C)(C)OC(=O)NC1CCCN(c2ccc(C(=O)O)cc2)C1. The van der Waals surface area contributed by atoms with Gasteiger partial charge in [0.05, 0.1) is 5.56 Å². The third kappa shape index (κ3) is 5.16. The lowest BCUT2D eigenvalue weighted by Crippen LogP contribution is -2.49. The van der Waals surface area contributed by atoms with Crippen molar-refractivity contribution < 1.29 is 19.4 Å². The van der Waals surface area contributed by atoms with Gasteiger partial charge in [0.15, 0.2) is 0 Å².